The van der Waals surface area contributed by atoms with E-state index in [9.17, 15) is 32.4 Å². The van der Waals surface area contributed by atoms with Gasteiger partial charge < -0.3 is 29.9 Å². The summed E-state index contributed by atoms with van der Waals surface area (Å²) in [6.07, 6.45) is 12.5. The van der Waals surface area contributed by atoms with Crippen molar-refractivity contribution in [3.05, 3.63) is 47.5 Å². The van der Waals surface area contributed by atoms with E-state index in [1.165, 1.54) is 10.5 Å². The van der Waals surface area contributed by atoms with Crippen LogP contribution < -0.4 is 15.4 Å². The number of amides is 5. The fourth-order valence-electron chi connectivity index (χ4n) is 9.05. The maximum atomic E-state index is 14.5. The minimum Gasteiger partial charge on any atom is -0.446 e. The second-order valence-corrected chi connectivity index (χ2v) is 18.2. The van der Waals surface area contributed by atoms with E-state index in [2.05, 4.69) is 15.4 Å². The Bertz CT molecular complexity index is 1760. The Balaban J connectivity index is 1.12. The van der Waals surface area contributed by atoms with E-state index in [-0.39, 0.29) is 25.5 Å². The molecule has 3 aliphatic heterocycles. The van der Waals surface area contributed by atoms with Crippen molar-refractivity contribution >= 4 is 39.9 Å². The van der Waals surface area contributed by atoms with E-state index in [4.69, 9.17) is 9.47 Å². The number of carbonyl (C=O) groups excluding carboxylic acids is 5. The lowest BCUT2D eigenvalue weighted by atomic mass is 10.0. The van der Waals surface area contributed by atoms with E-state index < -0.39 is 74.8 Å². The summed E-state index contributed by atoms with van der Waals surface area (Å²) in [6, 6.07) is 5.75. The van der Waals surface area contributed by atoms with Crippen LogP contribution in [0.3, 0.4) is 0 Å². The van der Waals surface area contributed by atoms with Gasteiger partial charge in [0.1, 0.15) is 29.8 Å². The summed E-state index contributed by atoms with van der Waals surface area (Å²) >= 11 is 0. The van der Waals surface area contributed by atoms with Gasteiger partial charge in [-0.2, -0.15) is 0 Å². The lowest BCUT2D eigenvalue weighted by Crippen LogP contribution is -2.58. The van der Waals surface area contributed by atoms with Gasteiger partial charge >= 0.3 is 12.2 Å². The van der Waals surface area contributed by atoms with Crippen molar-refractivity contribution in [3.8, 4) is 0 Å². The molecule has 0 aromatic heterocycles. The molecule has 1 saturated heterocycles. The Morgan fingerprint density at radius 1 is 0.855 bits per heavy atom. The molecule has 3 aliphatic carbocycles. The Morgan fingerprint density at radius 2 is 1.56 bits per heavy atom. The number of carbonyl (C=O) groups is 5. The molecule has 1 aromatic carbocycles. The number of benzene rings is 1. The van der Waals surface area contributed by atoms with Crippen LogP contribution in [0.4, 0.5) is 9.59 Å². The highest BCUT2D eigenvalue weighted by Crippen LogP contribution is 2.46. The smallest absolute Gasteiger partial charge is 0.410 e. The van der Waals surface area contributed by atoms with Crippen LogP contribution in [-0.2, 0) is 46.8 Å². The third-order valence-electron chi connectivity index (χ3n) is 12.4. The van der Waals surface area contributed by atoms with Gasteiger partial charge in [-0.05, 0) is 81.8 Å². The zero-order valence-corrected chi connectivity index (χ0v) is 32.4. The van der Waals surface area contributed by atoms with Gasteiger partial charge in [-0.3, -0.25) is 19.1 Å². The zero-order chi connectivity index (χ0) is 38.6. The standard InChI is InChI=1S/C40H55N5O9S/c46-35-34-23-31(54-39(50)44-22-21-27-13-9-10-14-28(27)25-44)26-45(34)36(47)33(41-38(49)53-30-16-11-12-17-30)20-8-3-1-2-5-15-29-24-40(29,42-35)37(48)43-55(51,52)32-18-6-4-7-19-32/h5,9-10,13-15,29-34H,1-4,6-8,11-12,16-26H2,(H,41,49)(H,42,46)(H,43,48)/t29-,31-,33+,34+,40-/m1/s1. The summed E-state index contributed by atoms with van der Waals surface area (Å²) < 4.78 is 40.7. The highest BCUT2D eigenvalue weighted by atomic mass is 32.2. The normalized spacial score (nSPS) is 29.5. The van der Waals surface area contributed by atoms with E-state index in [1.54, 1.807) is 4.90 Å². The minimum atomic E-state index is -3.99. The van der Waals surface area contributed by atoms with Crippen LogP contribution in [0.5, 0.6) is 0 Å². The van der Waals surface area contributed by atoms with Crippen LogP contribution >= 0.6 is 0 Å². The Hall–Kier alpha value is -4.14. The number of hydrogen-bond donors (Lipinski definition) is 3. The first kappa shape index (κ1) is 39.1. The fraction of sp³-hybridized carbons (Fsp3) is 0.675. The summed E-state index contributed by atoms with van der Waals surface area (Å²) in [4.78, 5) is 72.4. The number of nitrogens with one attached hydrogen (secondary N) is 3. The summed E-state index contributed by atoms with van der Waals surface area (Å²) in [5, 5.41) is 4.99. The van der Waals surface area contributed by atoms with Crippen LogP contribution in [0.2, 0.25) is 0 Å². The Labute approximate surface area is 323 Å². The molecule has 300 valence electrons. The molecule has 0 radical (unpaired) electrons. The highest BCUT2D eigenvalue weighted by molar-refractivity contribution is 7.90. The van der Waals surface area contributed by atoms with E-state index in [1.807, 2.05) is 36.4 Å². The van der Waals surface area contributed by atoms with Crippen LogP contribution in [-0.4, -0.2) is 96.3 Å². The molecular weight excluding hydrogens is 727 g/mol. The lowest BCUT2D eigenvalue weighted by molar-refractivity contribution is -0.141. The Kier molecular flexibility index (Phi) is 12.0. The fourth-order valence-corrected chi connectivity index (χ4v) is 10.6. The van der Waals surface area contributed by atoms with Gasteiger partial charge in [-0.15, -0.1) is 0 Å². The number of allylic oxidation sites excluding steroid dienone is 1. The summed E-state index contributed by atoms with van der Waals surface area (Å²) in [5.41, 5.74) is 0.672. The third kappa shape index (κ3) is 9.13. The van der Waals surface area contributed by atoms with E-state index in [0.29, 0.717) is 51.6 Å². The quantitative estimate of drug-likeness (QED) is 0.354. The molecule has 3 N–H and O–H groups in total. The van der Waals surface area contributed by atoms with Crippen LogP contribution in [0.1, 0.15) is 114 Å². The van der Waals surface area contributed by atoms with Gasteiger partial charge in [0.05, 0.1) is 11.8 Å². The van der Waals surface area contributed by atoms with Gasteiger partial charge in [0, 0.05) is 25.4 Å². The first-order valence-corrected chi connectivity index (χ1v) is 21.9. The van der Waals surface area contributed by atoms with Crippen molar-refractivity contribution in [2.45, 2.75) is 151 Å². The molecular formula is C40H55N5O9S. The largest absolute Gasteiger partial charge is 0.446 e. The third-order valence-corrected chi connectivity index (χ3v) is 14.2. The zero-order valence-electron chi connectivity index (χ0n) is 31.5. The van der Waals surface area contributed by atoms with Crippen LogP contribution in [0, 0.1) is 5.92 Å². The van der Waals surface area contributed by atoms with E-state index >= 15 is 0 Å². The molecule has 0 bridgehead atoms. The van der Waals surface area contributed by atoms with E-state index in [0.717, 1.165) is 63.4 Å². The molecule has 14 nitrogen and oxygen atoms in total. The average molecular weight is 782 g/mol. The molecule has 0 spiro atoms. The minimum absolute atomic E-state index is 0.0362. The number of alkyl carbamates (subject to hydrolysis) is 1. The molecule has 3 heterocycles. The van der Waals surface area contributed by atoms with Crippen molar-refractivity contribution in [1.29, 1.82) is 0 Å². The number of sulfonamides is 1. The molecule has 5 atom stereocenters. The monoisotopic (exact) mass is 781 g/mol. The molecule has 3 saturated carbocycles. The molecule has 6 aliphatic rings. The van der Waals surface area contributed by atoms with Crippen molar-refractivity contribution < 1.29 is 41.9 Å². The summed E-state index contributed by atoms with van der Waals surface area (Å²) in [7, 11) is -3.99. The van der Waals surface area contributed by atoms with Crippen molar-refractivity contribution in [1.82, 2.24) is 25.2 Å². The van der Waals surface area contributed by atoms with Gasteiger partial charge in [-0.25, -0.2) is 18.0 Å². The number of ether oxygens (including phenoxy) is 2. The first-order chi connectivity index (χ1) is 26.5. The SMILES string of the molecule is O=C(N[C@H]1CCCCCC=C[C@@H]2C[C@@]2(C(=O)NS(=O)(=O)C2CCCCC2)NC(=O)[C@@H]2C[C@@H](OC(=O)N3CCc4ccccc4C3)CN2C1=O)OC1CCCC1. The number of nitrogens with zero attached hydrogens (tertiary/aromatic N) is 2. The van der Waals surface area contributed by atoms with Gasteiger partial charge in [0.15, 0.2) is 0 Å². The van der Waals surface area contributed by atoms with Gasteiger partial charge in [-0.1, -0.05) is 68.5 Å². The molecule has 1 aromatic rings. The molecule has 4 fully saturated rings. The predicted molar refractivity (Wildman–Crippen MR) is 202 cm³/mol. The lowest BCUT2D eigenvalue weighted by Gasteiger charge is -2.30. The van der Waals surface area contributed by atoms with Crippen LogP contribution in [0.15, 0.2) is 36.4 Å². The Morgan fingerprint density at radius 3 is 2.35 bits per heavy atom. The van der Waals surface area contributed by atoms with Crippen molar-refractivity contribution in [2.24, 2.45) is 5.92 Å². The number of rotatable bonds is 6. The van der Waals surface area contributed by atoms with Gasteiger partial charge in [0.25, 0.3) is 5.91 Å². The summed E-state index contributed by atoms with van der Waals surface area (Å²) in [6.45, 7) is 0.738. The van der Waals surface area contributed by atoms with Gasteiger partial charge in [0.2, 0.25) is 21.8 Å². The molecule has 0 unspecified atom stereocenters. The van der Waals surface area contributed by atoms with Crippen LogP contribution in [0.25, 0.3) is 0 Å². The molecule has 55 heavy (non-hydrogen) atoms. The molecule has 15 heteroatoms. The first-order valence-electron chi connectivity index (χ1n) is 20.4. The van der Waals surface area contributed by atoms with Crippen molar-refractivity contribution in [3.63, 3.8) is 0 Å². The van der Waals surface area contributed by atoms with Crippen molar-refractivity contribution in [2.75, 3.05) is 13.1 Å². The molecule has 7 rings (SSSR count). The maximum absolute atomic E-state index is 14.5. The number of hydrogen-bond acceptors (Lipinski definition) is 9. The molecule has 5 amide bonds. The average Bonchev–Trinajstić information content (AvgIpc) is 3.44. The highest BCUT2D eigenvalue weighted by Gasteiger charge is 2.62. The topological polar surface area (TPSA) is 181 Å². The predicted octanol–water partition coefficient (Wildman–Crippen LogP) is 4.36. The number of fused-ring (bicyclic) bond motifs is 3. The maximum Gasteiger partial charge on any atom is 0.410 e. The summed E-state index contributed by atoms with van der Waals surface area (Å²) in [5.74, 6) is -2.39. The second kappa shape index (κ2) is 16.9. The second-order valence-electron chi connectivity index (χ2n) is 16.3.